The Morgan fingerprint density at radius 1 is 1.42 bits per heavy atom. The number of nitrogens with zero attached hydrogens (tertiary/aromatic N) is 3. The van der Waals surface area contributed by atoms with Gasteiger partial charge >= 0.3 is 6.09 Å². The predicted octanol–water partition coefficient (Wildman–Crippen LogP) is 2.30. The van der Waals surface area contributed by atoms with Crippen LogP contribution in [0, 0.1) is 0 Å². The summed E-state index contributed by atoms with van der Waals surface area (Å²) in [6.07, 6.45) is 1.45. The summed E-state index contributed by atoms with van der Waals surface area (Å²) in [6.45, 7) is 10.6. The van der Waals surface area contributed by atoms with E-state index in [9.17, 15) is 4.79 Å². The lowest BCUT2D eigenvalue weighted by molar-refractivity contribution is 0.0194. The fourth-order valence-electron chi connectivity index (χ4n) is 2.94. The van der Waals surface area contributed by atoms with Crippen LogP contribution in [0.4, 0.5) is 10.6 Å². The number of amides is 1. The molecule has 0 radical (unpaired) electrons. The number of anilines is 1. The van der Waals surface area contributed by atoms with Crippen molar-refractivity contribution in [2.24, 2.45) is 0 Å². The largest absolute Gasteiger partial charge is 0.492 e. The first-order valence-corrected chi connectivity index (χ1v) is 8.37. The molecule has 132 valence electrons. The minimum atomic E-state index is -0.485. The maximum absolute atomic E-state index is 12.3. The van der Waals surface area contributed by atoms with E-state index < -0.39 is 5.60 Å². The molecule has 0 spiro atoms. The second kappa shape index (κ2) is 6.37. The monoisotopic (exact) mass is 335 g/mol. The van der Waals surface area contributed by atoms with Gasteiger partial charge in [0.2, 0.25) is 0 Å². The molecule has 0 bridgehead atoms. The highest BCUT2D eigenvalue weighted by Gasteiger charge is 2.36. The summed E-state index contributed by atoms with van der Waals surface area (Å²) in [4.78, 5) is 20.7. The van der Waals surface area contributed by atoms with Crippen molar-refractivity contribution in [2.45, 2.75) is 39.3 Å². The zero-order valence-electron chi connectivity index (χ0n) is 14.7. The maximum atomic E-state index is 12.3. The van der Waals surface area contributed by atoms with Crippen LogP contribution in [-0.4, -0.2) is 60.5 Å². The molecule has 0 saturated carbocycles. The van der Waals surface area contributed by atoms with Crippen molar-refractivity contribution in [1.82, 2.24) is 9.88 Å². The minimum absolute atomic E-state index is 0.0872. The van der Waals surface area contributed by atoms with Crippen LogP contribution in [0.1, 0.15) is 27.7 Å². The molecule has 7 nitrogen and oxygen atoms in total. The molecule has 0 unspecified atom stereocenters. The van der Waals surface area contributed by atoms with Gasteiger partial charge in [-0.05, 0) is 27.7 Å². The third-order valence-corrected chi connectivity index (χ3v) is 3.96. The molecule has 1 aromatic heterocycles. The van der Waals surface area contributed by atoms with Gasteiger partial charge in [-0.25, -0.2) is 9.78 Å². The molecule has 0 aliphatic carbocycles. The zero-order valence-corrected chi connectivity index (χ0v) is 14.7. The number of carbonyl (C=O) groups is 1. The Labute approximate surface area is 142 Å². The third-order valence-electron chi connectivity index (χ3n) is 3.96. The van der Waals surface area contributed by atoms with Crippen LogP contribution < -0.4 is 14.4 Å². The molecular formula is C17H25N3O4. The number of carbonyl (C=O) groups excluding carboxylic acids is 1. The lowest BCUT2D eigenvalue weighted by atomic mass is 10.1. The molecule has 1 aromatic rings. The van der Waals surface area contributed by atoms with E-state index in [-0.39, 0.29) is 12.1 Å². The van der Waals surface area contributed by atoms with E-state index in [2.05, 4.69) is 9.88 Å². The van der Waals surface area contributed by atoms with E-state index in [1.165, 1.54) is 0 Å². The molecule has 1 amide bonds. The van der Waals surface area contributed by atoms with Crippen molar-refractivity contribution in [1.29, 1.82) is 0 Å². The smallest absolute Gasteiger partial charge is 0.410 e. The summed E-state index contributed by atoms with van der Waals surface area (Å²) < 4.78 is 16.8. The summed E-state index contributed by atoms with van der Waals surface area (Å²) in [5.74, 6) is 2.27. The van der Waals surface area contributed by atoms with Crippen LogP contribution in [0.2, 0.25) is 0 Å². The van der Waals surface area contributed by atoms with Crippen LogP contribution in [0.3, 0.4) is 0 Å². The van der Waals surface area contributed by atoms with Gasteiger partial charge in [0.05, 0.1) is 18.8 Å². The summed E-state index contributed by atoms with van der Waals surface area (Å²) in [6, 6.07) is 1.96. The average Bonchev–Trinajstić information content (AvgIpc) is 2.52. The molecule has 1 fully saturated rings. The van der Waals surface area contributed by atoms with Crippen molar-refractivity contribution in [2.75, 3.05) is 37.7 Å². The van der Waals surface area contributed by atoms with Crippen LogP contribution >= 0.6 is 0 Å². The highest BCUT2D eigenvalue weighted by Crippen LogP contribution is 2.35. The number of piperazine rings is 1. The first kappa shape index (κ1) is 16.7. The van der Waals surface area contributed by atoms with Gasteiger partial charge in [-0.15, -0.1) is 0 Å². The molecule has 3 rings (SSSR count). The molecule has 7 heteroatoms. The van der Waals surface area contributed by atoms with Crippen molar-refractivity contribution in [3.8, 4) is 11.5 Å². The fraction of sp³-hybridized carbons (Fsp3) is 0.647. The van der Waals surface area contributed by atoms with Gasteiger partial charge in [-0.2, -0.15) is 0 Å². The van der Waals surface area contributed by atoms with Crippen molar-refractivity contribution >= 4 is 11.9 Å². The third kappa shape index (κ3) is 3.49. The van der Waals surface area contributed by atoms with E-state index in [1.807, 2.05) is 33.8 Å². The number of pyridine rings is 1. The van der Waals surface area contributed by atoms with Gasteiger partial charge in [0, 0.05) is 25.7 Å². The lowest BCUT2D eigenvalue weighted by Gasteiger charge is -2.44. The Morgan fingerprint density at radius 2 is 2.21 bits per heavy atom. The van der Waals surface area contributed by atoms with Crippen molar-refractivity contribution < 1.29 is 19.0 Å². The SMILES string of the molecule is CCOc1cnc2c(c1)OC[C@H]1CN(C(=O)OC(C)(C)C)CCN21. The van der Waals surface area contributed by atoms with Crippen molar-refractivity contribution in [3.05, 3.63) is 12.3 Å². The highest BCUT2D eigenvalue weighted by atomic mass is 16.6. The van der Waals surface area contributed by atoms with E-state index in [4.69, 9.17) is 14.2 Å². The second-order valence-electron chi connectivity index (χ2n) is 7.01. The molecule has 2 aliphatic heterocycles. The number of hydrogen-bond donors (Lipinski definition) is 0. The topological polar surface area (TPSA) is 64.1 Å². The van der Waals surface area contributed by atoms with E-state index in [0.29, 0.717) is 38.6 Å². The van der Waals surface area contributed by atoms with Crippen LogP contribution in [0.15, 0.2) is 12.3 Å². The van der Waals surface area contributed by atoms with E-state index in [0.717, 1.165) is 11.6 Å². The summed E-state index contributed by atoms with van der Waals surface area (Å²) in [5.41, 5.74) is -0.485. The first-order chi connectivity index (χ1) is 11.4. The number of fused-ring (bicyclic) bond motifs is 3. The second-order valence-corrected chi connectivity index (χ2v) is 7.01. The molecule has 0 N–H and O–H groups in total. The van der Waals surface area contributed by atoms with Crippen LogP contribution in [-0.2, 0) is 4.74 Å². The lowest BCUT2D eigenvalue weighted by Crippen LogP contribution is -2.59. The standard InChI is InChI=1S/C17H25N3O4/c1-5-22-13-8-14-15(18-9-13)20-7-6-19(10-12(20)11-23-14)16(21)24-17(2,3)4/h8-9,12H,5-7,10-11H2,1-4H3/t12-/m1/s1. The molecule has 3 heterocycles. The average molecular weight is 335 g/mol. The molecule has 0 aromatic carbocycles. The van der Waals surface area contributed by atoms with Gasteiger partial charge in [-0.3, -0.25) is 0 Å². The van der Waals surface area contributed by atoms with Crippen LogP contribution in [0.25, 0.3) is 0 Å². The van der Waals surface area contributed by atoms with Gasteiger partial charge < -0.3 is 24.0 Å². The molecule has 1 saturated heterocycles. The quantitative estimate of drug-likeness (QED) is 0.826. The van der Waals surface area contributed by atoms with Crippen LogP contribution in [0.5, 0.6) is 11.5 Å². The van der Waals surface area contributed by atoms with Gasteiger partial charge in [-0.1, -0.05) is 0 Å². The summed E-state index contributed by atoms with van der Waals surface area (Å²) in [5, 5.41) is 0. The normalized spacial score (nSPS) is 19.9. The Morgan fingerprint density at radius 3 is 2.92 bits per heavy atom. The Hall–Kier alpha value is -2.18. The van der Waals surface area contributed by atoms with E-state index >= 15 is 0 Å². The molecule has 1 atom stereocenters. The van der Waals surface area contributed by atoms with Gasteiger partial charge in [0.1, 0.15) is 18.0 Å². The van der Waals surface area contributed by atoms with Gasteiger partial charge in [0.15, 0.2) is 11.6 Å². The molecule has 2 aliphatic rings. The number of hydrogen-bond acceptors (Lipinski definition) is 6. The Kier molecular flexibility index (Phi) is 4.43. The number of ether oxygens (including phenoxy) is 3. The minimum Gasteiger partial charge on any atom is -0.492 e. The van der Waals surface area contributed by atoms with Crippen molar-refractivity contribution in [3.63, 3.8) is 0 Å². The Balaban J connectivity index is 1.70. The number of aromatic nitrogens is 1. The predicted molar refractivity (Wildman–Crippen MR) is 89.8 cm³/mol. The highest BCUT2D eigenvalue weighted by molar-refractivity contribution is 5.69. The van der Waals surface area contributed by atoms with Gasteiger partial charge in [0.25, 0.3) is 0 Å². The maximum Gasteiger partial charge on any atom is 0.410 e. The fourth-order valence-corrected chi connectivity index (χ4v) is 2.94. The molecule has 24 heavy (non-hydrogen) atoms. The van der Waals surface area contributed by atoms with E-state index in [1.54, 1.807) is 11.1 Å². The summed E-state index contributed by atoms with van der Waals surface area (Å²) >= 11 is 0. The first-order valence-electron chi connectivity index (χ1n) is 8.37. The molecular weight excluding hydrogens is 310 g/mol. The zero-order chi connectivity index (χ0) is 17.3. The summed E-state index contributed by atoms with van der Waals surface area (Å²) in [7, 11) is 0. The Bertz CT molecular complexity index is 614. The number of rotatable bonds is 2.